The molecule has 0 atom stereocenters. The summed E-state index contributed by atoms with van der Waals surface area (Å²) in [7, 11) is -3.14. The first-order valence-corrected chi connectivity index (χ1v) is 14.4. The number of sulfonamides is 1. The van der Waals surface area contributed by atoms with Gasteiger partial charge in [-0.05, 0) is 74.1 Å². The van der Waals surface area contributed by atoms with E-state index in [2.05, 4.69) is 65.1 Å². The Kier molecular flexibility index (Phi) is 5.61. The van der Waals surface area contributed by atoms with Gasteiger partial charge < -0.3 is 9.88 Å². The van der Waals surface area contributed by atoms with E-state index in [9.17, 15) is 8.42 Å². The normalized spacial score (nSPS) is 17.1. The number of H-pyrrole nitrogens is 1. The molecule has 8 heteroatoms. The molecule has 2 aliphatic rings. The minimum atomic E-state index is -3.14. The number of aromatic amines is 1. The largest absolute Gasteiger partial charge is 0.354 e. The van der Waals surface area contributed by atoms with Gasteiger partial charge in [0.1, 0.15) is 5.82 Å². The van der Waals surface area contributed by atoms with Crippen molar-refractivity contribution in [3.8, 4) is 22.4 Å². The van der Waals surface area contributed by atoms with Crippen LogP contribution < -0.4 is 4.90 Å². The second kappa shape index (κ2) is 8.71. The standard InChI is InChI=1S/C28H31N5O2S/c1-18-14-23(15-19(2)30-18)28-27(20-4-5-20)24-8-6-21(16-25(24)31-28)22-7-9-26(29-17-22)32-10-12-33(13-11-32)36(3,34)35/h6-9,14-17,20,31H,4-5,10-13H2,1-3H3. The monoisotopic (exact) mass is 501 g/mol. The molecule has 6 rings (SSSR count). The zero-order chi connectivity index (χ0) is 25.0. The van der Waals surface area contributed by atoms with Gasteiger partial charge in [0, 0.05) is 65.8 Å². The first-order valence-electron chi connectivity index (χ1n) is 12.5. The van der Waals surface area contributed by atoms with Gasteiger partial charge in [0.15, 0.2) is 0 Å². The average Bonchev–Trinajstić information content (AvgIpc) is 3.62. The fraction of sp³-hybridized carbons (Fsp3) is 0.357. The van der Waals surface area contributed by atoms with Crippen LogP contribution in [0.4, 0.5) is 5.82 Å². The van der Waals surface area contributed by atoms with Gasteiger partial charge in [-0.1, -0.05) is 12.1 Å². The van der Waals surface area contributed by atoms with Crippen LogP contribution in [-0.4, -0.2) is 60.1 Å². The summed E-state index contributed by atoms with van der Waals surface area (Å²) in [4.78, 5) is 15.2. The molecule has 7 nitrogen and oxygen atoms in total. The van der Waals surface area contributed by atoms with Crippen LogP contribution in [0.15, 0.2) is 48.7 Å². The number of hydrogen-bond acceptors (Lipinski definition) is 5. The molecule has 1 aromatic carbocycles. The van der Waals surface area contributed by atoms with E-state index in [0.29, 0.717) is 32.1 Å². The van der Waals surface area contributed by atoms with Gasteiger partial charge in [-0.25, -0.2) is 13.4 Å². The second-order valence-electron chi connectivity index (χ2n) is 10.1. The fourth-order valence-corrected chi connectivity index (χ4v) is 6.22. The lowest BCUT2D eigenvalue weighted by molar-refractivity contribution is 0.387. The smallest absolute Gasteiger partial charge is 0.211 e. The molecule has 1 aliphatic heterocycles. The first-order chi connectivity index (χ1) is 17.3. The van der Waals surface area contributed by atoms with Crippen molar-refractivity contribution in [1.82, 2.24) is 19.3 Å². The number of benzene rings is 1. The molecule has 0 spiro atoms. The van der Waals surface area contributed by atoms with Crippen molar-refractivity contribution < 1.29 is 8.42 Å². The van der Waals surface area contributed by atoms with Crippen molar-refractivity contribution in [3.63, 3.8) is 0 Å². The van der Waals surface area contributed by atoms with Crippen molar-refractivity contribution >= 4 is 26.7 Å². The van der Waals surface area contributed by atoms with Crippen LogP contribution in [0, 0.1) is 13.8 Å². The Balaban J connectivity index is 1.29. The van der Waals surface area contributed by atoms with Gasteiger partial charge in [-0.3, -0.25) is 4.98 Å². The number of rotatable bonds is 5. The van der Waals surface area contributed by atoms with E-state index in [-0.39, 0.29) is 0 Å². The number of anilines is 1. The minimum absolute atomic E-state index is 0.494. The number of nitrogens with zero attached hydrogens (tertiary/aromatic N) is 4. The van der Waals surface area contributed by atoms with E-state index in [1.165, 1.54) is 45.6 Å². The zero-order valence-electron chi connectivity index (χ0n) is 21.0. The van der Waals surface area contributed by atoms with Gasteiger partial charge in [-0.2, -0.15) is 4.31 Å². The Labute approximate surface area is 212 Å². The Morgan fingerprint density at radius 2 is 1.58 bits per heavy atom. The van der Waals surface area contributed by atoms with Gasteiger partial charge in [-0.15, -0.1) is 0 Å². The van der Waals surface area contributed by atoms with Crippen molar-refractivity contribution in [2.75, 3.05) is 37.3 Å². The molecule has 4 aromatic rings. The van der Waals surface area contributed by atoms with Gasteiger partial charge >= 0.3 is 0 Å². The molecule has 1 aliphatic carbocycles. The van der Waals surface area contributed by atoms with Gasteiger partial charge in [0.2, 0.25) is 10.0 Å². The third-order valence-electron chi connectivity index (χ3n) is 7.31. The summed E-state index contributed by atoms with van der Waals surface area (Å²) in [5.41, 5.74) is 9.28. The lowest BCUT2D eigenvalue weighted by Crippen LogP contribution is -2.48. The zero-order valence-corrected chi connectivity index (χ0v) is 21.8. The SMILES string of the molecule is Cc1cc(-c2[nH]c3cc(-c4ccc(N5CCN(S(C)(=O)=O)CC5)nc4)ccc3c2C2CC2)cc(C)n1. The first kappa shape index (κ1) is 23.2. The molecular formula is C28H31N5O2S. The second-order valence-corrected chi connectivity index (χ2v) is 12.1. The lowest BCUT2D eigenvalue weighted by atomic mass is 9.99. The van der Waals surface area contributed by atoms with Crippen LogP contribution in [0.1, 0.15) is 35.7 Å². The fourth-order valence-electron chi connectivity index (χ4n) is 5.39. The molecule has 0 bridgehead atoms. The maximum absolute atomic E-state index is 11.8. The highest BCUT2D eigenvalue weighted by molar-refractivity contribution is 7.88. The number of piperazine rings is 1. The molecule has 4 heterocycles. The van der Waals surface area contributed by atoms with Crippen molar-refractivity contribution in [2.24, 2.45) is 0 Å². The maximum Gasteiger partial charge on any atom is 0.211 e. The number of pyridine rings is 2. The summed E-state index contributed by atoms with van der Waals surface area (Å²) in [6, 6.07) is 15.1. The maximum atomic E-state index is 11.8. The molecule has 2 fully saturated rings. The van der Waals surface area contributed by atoms with E-state index in [1.807, 2.05) is 12.3 Å². The van der Waals surface area contributed by atoms with E-state index in [4.69, 9.17) is 4.98 Å². The summed E-state index contributed by atoms with van der Waals surface area (Å²) >= 11 is 0. The molecule has 0 radical (unpaired) electrons. The van der Waals surface area contributed by atoms with Gasteiger partial charge in [0.25, 0.3) is 0 Å². The van der Waals surface area contributed by atoms with Crippen LogP contribution in [0.3, 0.4) is 0 Å². The Morgan fingerprint density at radius 3 is 2.19 bits per heavy atom. The highest BCUT2D eigenvalue weighted by atomic mass is 32.2. The molecule has 1 saturated heterocycles. The van der Waals surface area contributed by atoms with Crippen LogP contribution >= 0.6 is 0 Å². The Bertz CT molecular complexity index is 1530. The van der Waals surface area contributed by atoms with Crippen molar-refractivity contribution in [3.05, 3.63) is 65.6 Å². The van der Waals surface area contributed by atoms with Crippen LogP contribution in [0.25, 0.3) is 33.3 Å². The number of hydrogen-bond donors (Lipinski definition) is 1. The van der Waals surface area contributed by atoms with E-state index >= 15 is 0 Å². The van der Waals surface area contributed by atoms with Crippen molar-refractivity contribution in [1.29, 1.82) is 0 Å². The van der Waals surface area contributed by atoms with E-state index in [1.54, 1.807) is 0 Å². The highest BCUT2D eigenvalue weighted by Gasteiger charge is 2.30. The number of aromatic nitrogens is 3. The Morgan fingerprint density at radius 1 is 0.889 bits per heavy atom. The quantitative estimate of drug-likeness (QED) is 0.422. The summed E-state index contributed by atoms with van der Waals surface area (Å²) in [5.74, 6) is 1.51. The topological polar surface area (TPSA) is 82.2 Å². The molecule has 1 saturated carbocycles. The van der Waals surface area contributed by atoms with Crippen LogP contribution in [0.5, 0.6) is 0 Å². The molecule has 0 unspecified atom stereocenters. The van der Waals surface area contributed by atoms with Crippen LogP contribution in [-0.2, 0) is 10.0 Å². The lowest BCUT2D eigenvalue weighted by Gasteiger charge is -2.34. The molecule has 0 amide bonds. The predicted molar refractivity (Wildman–Crippen MR) is 145 cm³/mol. The predicted octanol–water partition coefficient (Wildman–Crippen LogP) is 4.87. The molecule has 3 aromatic heterocycles. The number of aryl methyl sites for hydroxylation is 2. The van der Waals surface area contributed by atoms with E-state index in [0.717, 1.165) is 33.8 Å². The highest BCUT2D eigenvalue weighted by Crippen LogP contribution is 2.48. The third-order valence-corrected chi connectivity index (χ3v) is 8.61. The summed E-state index contributed by atoms with van der Waals surface area (Å²) in [5, 5.41) is 1.30. The number of nitrogens with one attached hydrogen (secondary N) is 1. The van der Waals surface area contributed by atoms with E-state index < -0.39 is 10.0 Å². The molecular weight excluding hydrogens is 470 g/mol. The summed E-state index contributed by atoms with van der Waals surface area (Å²) in [6.45, 7) is 6.39. The third kappa shape index (κ3) is 4.40. The Hall–Kier alpha value is -3.23. The number of fused-ring (bicyclic) bond motifs is 1. The molecule has 36 heavy (non-hydrogen) atoms. The average molecular weight is 502 g/mol. The minimum Gasteiger partial charge on any atom is -0.354 e. The van der Waals surface area contributed by atoms with Gasteiger partial charge in [0.05, 0.1) is 11.9 Å². The summed E-state index contributed by atoms with van der Waals surface area (Å²) in [6.07, 6.45) is 5.68. The van der Waals surface area contributed by atoms with Crippen molar-refractivity contribution in [2.45, 2.75) is 32.6 Å². The van der Waals surface area contributed by atoms with Crippen LogP contribution in [0.2, 0.25) is 0 Å². The summed E-state index contributed by atoms with van der Waals surface area (Å²) < 4.78 is 25.1. The molecule has 186 valence electrons. The molecule has 1 N–H and O–H groups in total.